The Morgan fingerprint density at radius 3 is 2.71 bits per heavy atom. The first kappa shape index (κ1) is 12.5. The van der Waals surface area contributed by atoms with Crippen molar-refractivity contribution in [3.05, 3.63) is 22.9 Å². The molecule has 0 aromatic carbocycles. The Bertz CT molecular complexity index is 401. The van der Waals surface area contributed by atoms with Gasteiger partial charge in [0, 0.05) is 25.0 Å². The zero-order valence-electron chi connectivity index (χ0n) is 11.1. The summed E-state index contributed by atoms with van der Waals surface area (Å²) in [6, 6.07) is 0.500. The molecule has 0 N–H and O–H groups in total. The summed E-state index contributed by atoms with van der Waals surface area (Å²) in [5.74, 6) is 0.655. The number of nitrogens with zero attached hydrogens (tertiary/aromatic N) is 2. The normalized spacial score (nSPS) is 17.3. The number of rotatable bonds is 7. The van der Waals surface area contributed by atoms with Gasteiger partial charge in [0.15, 0.2) is 0 Å². The minimum atomic E-state index is 0.197. The van der Waals surface area contributed by atoms with E-state index in [4.69, 9.17) is 0 Å². The first-order valence-corrected chi connectivity index (χ1v) is 7.03. The van der Waals surface area contributed by atoms with E-state index in [-0.39, 0.29) is 5.69 Å². The standard InChI is InChI=1S/C14H24N2O/c1-3-5-6-12(4-2)11-15-9-10-16(14(15)17)13-7-8-13/h9-10,12-13H,3-8,11H2,1-2H3. The molecule has 1 heterocycles. The monoisotopic (exact) mass is 236 g/mol. The van der Waals surface area contributed by atoms with Crippen LogP contribution in [0.4, 0.5) is 0 Å². The largest absolute Gasteiger partial charge is 0.328 e. The van der Waals surface area contributed by atoms with Crippen LogP contribution in [0.25, 0.3) is 0 Å². The molecule has 0 radical (unpaired) electrons. The number of hydrogen-bond acceptors (Lipinski definition) is 1. The molecule has 17 heavy (non-hydrogen) atoms. The van der Waals surface area contributed by atoms with Crippen LogP contribution < -0.4 is 5.69 Å². The molecule has 0 saturated heterocycles. The highest BCUT2D eigenvalue weighted by Crippen LogP contribution is 2.33. The van der Waals surface area contributed by atoms with Crippen molar-refractivity contribution in [3.8, 4) is 0 Å². The Kier molecular flexibility index (Phi) is 4.08. The summed E-state index contributed by atoms with van der Waals surface area (Å²) < 4.78 is 3.81. The first-order chi connectivity index (χ1) is 8.26. The second-order valence-corrected chi connectivity index (χ2v) is 5.29. The van der Waals surface area contributed by atoms with E-state index in [1.54, 1.807) is 0 Å². The van der Waals surface area contributed by atoms with Crippen LogP contribution in [0.3, 0.4) is 0 Å². The highest BCUT2D eigenvalue weighted by Gasteiger charge is 2.25. The molecule has 1 unspecified atom stereocenters. The fourth-order valence-electron chi connectivity index (χ4n) is 2.39. The van der Waals surface area contributed by atoms with E-state index in [0.717, 1.165) is 6.54 Å². The van der Waals surface area contributed by atoms with E-state index in [9.17, 15) is 4.79 Å². The molecule has 1 fully saturated rings. The van der Waals surface area contributed by atoms with E-state index in [1.807, 2.05) is 21.5 Å². The van der Waals surface area contributed by atoms with Crippen molar-refractivity contribution in [2.75, 3.05) is 0 Å². The van der Waals surface area contributed by atoms with Crippen LogP contribution in [0.2, 0.25) is 0 Å². The molecule has 1 atom stereocenters. The second-order valence-electron chi connectivity index (χ2n) is 5.29. The molecule has 0 bridgehead atoms. The van der Waals surface area contributed by atoms with Crippen LogP contribution in [-0.4, -0.2) is 9.13 Å². The quantitative estimate of drug-likeness (QED) is 0.714. The highest BCUT2D eigenvalue weighted by atomic mass is 16.1. The van der Waals surface area contributed by atoms with Crippen molar-refractivity contribution < 1.29 is 0 Å². The highest BCUT2D eigenvalue weighted by molar-refractivity contribution is 4.91. The van der Waals surface area contributed by atoms with Crippen molar-refractivity contribution in [1.29, 1.82) is 0 Å². The van der Waals surface area contributed by atoms with Gasteiger partial charge in [-0.25, -0.2) is 4.79 Å². The fraction of sp³-hybridized carbons (Fsp3) is 0.786. The summed E-state index contributed by atoms with van der Waals surface area (Å²) in [4.78, 5) is 12.1. The first-order valence-electron chi connectivity index (χ1n) is 7.03. The van der Waals surface area contributed by atoms with E-state index < -0.39 is 0 Å². The SMILES string of the molecule is CCCCC(CC)Cn1ccn(C2CC2)c1=O. The van der Waals surface area contributed by atoms with Gasteiger partial charge in [-0.2, -0.15) is 0 Å². The summed E-state index contributed by atoms with van der Waals surface area (Å²) in [6.45, 7) is 5.35. The van der Waals surface area contributed by atoms with E-state index in [2.05, 4.69) is 13.8 Å². The lowest BCUT2D eigenvalue weighted by Gasteiger charge is -2.14. The van der Waals surface area contributed by atoms with Crippen molar-refractivity contribution in [3.63, 3.8) is 0 Å². The summed E-state index contributed by atoms with van der Waals surface area (Å²) in [5, 5.41) is 0. The minimum Gasteiger partial charge on any atom is -0.299 e. The summed E-state index contributed by atoms with van der Waals surface area (Å²) in [7, 11) is 0. The summed E-state index contributed by atoms with van der Waals surface area (Å²) in [6.07, 6.45) is 11.2. The van der Waals surface area contributed by atoms with Crippen LogP contribution in [0.15, 0.2) is 17.2 Å². The number of aromatic nitrogens is 2. The Morgan fingerprint density at radius 1 is 1.35 bits per heavy atom. The zero-order valence-corrected chi connectivity index (χ0v) is 11.1. The number of hydrogen-bond donors (Lipinski definition) is 0. The van der Waals surface area contributed by atoms with Gasteiger partial charge >= 0.3 is 5.69 Å². The van der Waals surface area contributed by atoms with Gasteiger partial charge in [0.1, 0.15) is 0 Å². The third-order valence-electron chi connectivity index (χ3n) is 3.81. The molecule has 0 spiro atoms. The molecule has 0 amide bonds. The van der Waals surface area contributed by atoms with Gasteiger partial charge in [0.05, 0.1) is 0 Å². The Hall–Kier alpha value is -0.990. The van der Waals surface area contributed by atoms with Crippen LogP contribution in [0, 0.1) is 5.92 Å². The fourth-order valence-corrected chi connectivity index (χ4v) is 2.39. The molecular formula is C14H24N2O. The molecule has 96 valence electrons. The predicted octanol–water partition coefficient (Wildman–Crippen LogP) is 3.20. The van der Waals surface area contributed by atoms with Crippen LogP contribution in [0.5, 0.6) is 0 Å². The van der Waals surface area contributed by atoms with Crippen LogP contribution in [0.1, 0.15) is 58.4 Å². The maximum absolute atomic E-state index is 12.1. The van der Waals surface area contributed by atoms with Crippen molar-refractivity contribution >= 4 is 0 Å². The van der Waals surface area contributed by atoms with Gasteiger partial charge in [0.25, 0.3) is 0 Å². The van der Waals surface area contributed by atoms with Gasteiger partial charge in [-0.05, 0) is 25.2 Å². The smallest absolute Gasteiger partial charge is 0.299 e. The van der Waals surface area contributed by atoms with Gasteiger partial charge < -0.3 is 0 Å². The van der Waals surface area contributed by atoms with Crippen molar-refractivity contribution in [2.45, 2.75) is 65.0 Å². The average Bonchev–Trinajstić information content (AvgIpc) is 3.11. The van der Waals surface area contributed by atoms with Crippen molar-refractivity contribution in [2.24, 2.45) is 5.92 Å². The average molecular weight is 236 g/mol. The maximum atomic E-state index is 12.1. The molecule has 1 aliphatic rings. The van der Waals surface area contributed by atoms with Gasteiger partial charge in [0.2, 0.25) is 0 Å². The van der Waals surface area contributed by atoms with E-state index in [1.165, 1.54) is 38.5 Å². The third-order valence-corrected chi connectivity index (χ3v) is 3.81. The molecule has 1 saturated carbocycles. The lowest BCUT2D eigenvalue weighted by atomic mass is 9.99. The van der Waals surface area contributed by atoms with Gasteiger partial charge in [-0.3, -0.25) is 9.13 Å². The minimum absolute atomic E-state index is 0.197. The molecule has 1 aliphatic carbocycles. The zero-order chi connectivity index (χ0) is 12.3. The van der Waals surface area contributed by atoms with Crippen LogP contribution >= 0.6 is 0 Å². The molecule has 0 aliphatic heterocycles. The molecule has 2 rings (SSSR count). The Labute approximate surface area is 103 Å². The third kappa shape index (κ3) is 3.02. The lowest BCUT2D eigenvalue weighted by Crippen LogP contribution is -2.26. The lowest BCUT2D eigenvalue weighted by molar-refractivity contribution is 0.383. The summed E-state index contributed by atoms with van der Waals surface area (Å²) in [5.41, 5.74) is 0.197. The molecule has 1 aromatic heterocycles. The van der Waals surface area contributed by atoms with E-state index >= 15 is 0 Å². The topological polar surface area (TPSA) is 26.9 Å². The molecular weight excluding hydrogens is 212 g/mol. The molecule has 3 heteroatoms. The van der Waals surface area contributed by atoms with E-state index in [0.29, 0.717) is 12.0 Å². The Balaban J connectivity index is 1.99. The van der Waals surface area contributed by atoms with Gasteiger partial charge in [-0.1, -0.05) is 33.1 Å². The number of imidazole rings is 1. The Morgan fingerprint density at radius 2 is 2.12 bits per heavy atom. The summed E-state index contributed by atoms with van der Waals surface area (Å²) >= 11 is 0. The van der Waals surface area contributed by atoms with Crippen LogP contribution in [-0.2, 0) is 6.54 Å². The van der Waals surface area contributed by atoms with Crippen molar-refractivity contribution in [1.82, 2.24) is 9.13 Å². The second kappa shape index (κ2) is 5.56. The molecule has 3 nitrogen and oxygen atoms in total. The predicted molar refractivity (Wildman–Crippen MR) is 70.3 cm³/mol. The number of unbranched alkanes of at least 4 members (excludes halogenated alkanes) is 1. The molecule has 1 aromatic rings. The van der Waals surface area contributed by atoms with Gasteiger partial charge in [-0.15, -0.1) is 0 Å². The maximum Gasteiger partial charge on any atom is 0.328 e.